The summed E-state index contributed by atoms with van der Waals surface area (Å²) >= 11 is 0. The Bertz CT molecular complexity index is 1090. The summed E-state index contributed by atoms with van der Waals surface area (Å²) in [7, 11) is 1.65. The fraction of sp³-hybridized carbons (Fsp3) is 0.259. The van der Waals surface area contributed by atoms with Crippen molar-refractivity contribution in [1.82, 2.24) is 5.32 Å². The average molecular weight is 460 g/mol. The van der Waals surface area contributed by atoms with E-state index in [9.17, 15) is 9.59 Å². The second kappa shape index (κ2) is 10.9. The predicted octanol–water partition coefficient (Wildman–Crippen LogP) is 4.82. The molecule has 1 heterocycles. The Labute approximate surface area is 199 Å². The second-order valence-corrected chi connectivity index (χ2v) is 8.33. The van der Waals surface area contributed by atoms with E-state index in [0.29, 0.717) is 36.7 Å². The predicted molar refractivity (Wildman–Crippen MR) is 133 cm³/mol. The number of ether oxygens (including phenoxy) is 2. The van der Waals surface area contributed by atoms with Gasteiger partial charge >= 0.3 is 6.03 Å². The molecule has 0 aromatic heterocycles. The van der Waals surface area contributed by atoms with Crippen LogP contribution in [0.25, 0.3) is 0 Å². The first kappa shape index (κ1) is 23.3. The second-order valence-electron chi connectivity index (χ2n) is 8.33. The van der Waals surface area contributed by atoms with E-state index in [1.165, 1.54) is 5.56 Å². The van der Waals surface area contributed by atoms with Crippen LogP contribution in [0.1, 0.15) is 28.8 Å². The van der Waals surface area contributed by atoms with Gasteiger partial charge in [0.2, 0.25) is 0 Å². The highest BCUT2D eigenvalue weighted by atomic mass is 16.5. The largest absolute Gasteiger partial charge is 0.497 e. The molecule has 7 heteroatoms. The Balaban J connectivity index is 1.37. The van der Waals surface area contributed by atoms with Crippen molar-refractivity contribution in [3.63, 3.8) is 0 Å². The fourth-order valence-electron chi connectivity index (χ4n) is 4.15. The van der Waals surface area contributed by atoms with E-state index in [1.54, 1.807) is 31.4 Å². The van der Waals surface area contributed by atoms with Crippen LogP contribution in [0.4, 0.5) is 16.2 Å². The minimum atomic E-state index is -0.343. The van der Waals surface area contributed by atoms with Crippen molar-refractivity contribution in [3.8, 4) is 5.75 Å². The van der Waals surface area contributed by atoms with Crippen LogP contribution in [-0.2, 0) is 10.2 Å². The molecule has 0 saturated carbocycles. The zero-order valence-corrected chi connectivity index (χ0v) is 19.2. The number of urea groups is 1. The SMILES string of the molecule is COc1ccc(C2(CNC(=O)c3ccc(NC(=O)Nc4ccccc4)cc3)CCOCC2)cc1. The monoisotopic (exact) mass is 459 g/mol. The number of carbonyl (C=O) groups is 2. The first-order valence-corrected chi connectivity index (χ1v) is 11.3. The minimum Gasteiger partial charge on any atom is -0.497 e. The van der Waals surface area contributed by atoms with Crippen molar-refractivity contribution in [2.75, 3.05) is 37.5 Å². The third kappa shape index (κ3) is 5.74. The Morgan fingerprint density at radius 1 is 0.853 bits per heavy atom. The molecule has 1 aliphatic rings. The number of hydrogen-bond acceptors (Lipinski definition) is 4. The van der Waals surface area contributed by atoms with Crippen LogP contribution in [0.5, 0.6) is 5.75 Å². The lowest BCUT2D eigenvalue weighted by molar-refractivity contribution is 0.0487. The lowest BCUT2D eigenvalue weighted by Crippen LogP contribution is -2.44. The number of rotatable bonds is 7. The Kier molecular flexibility index (Phi) is 7.44. The lowest BCUT2D eigenvalue weighted by Gasteiger charge is -2.38. The van der Waals surface area contributed by atoms with Crippen molar-refractivity contribution in [2.45, 2.75) is 18.3 Å². The van der Waals surface area contributed by atoms with Crippen LogP contribution in [0.2, 0.25) is 0 Å². The molecule has 0 unspecified atom stereocenters. The van der Waals surface area contributed by atoms with Crippen molar-refractivity contribution in [2.24, 2.45) is 0 Å². The quantitative estimate of drug-likeness (QED) is 0.473. The third-order valence-electron chi connectivity index (χ3n) is 6.18. The third-order valence-corrected chi connectivity index (χ3v) is 6.18. The molecule has 0 atom stereocenters. The van der Waals surface area contributed by atoms with Crippen LogP contribution in [0, 0.1) is 0 Å². The summed E-state index contributed by atoms with van der Waals surface area (Å²) < 4.78 is 10.9. The van der Waals surface area contributed by atoms with Gasteiger partial charge in [-0.1, -0.05) is 30.3 Å². The van der Waals surface area contributed by atoms with E-state index in [2.05, 4.69) is 28.1 Å². The van der Waals surface area contributed by atoms with E-state index in [1.807, 2.05) is 42.5 Å². The van der Waals surface area contributed by atoms with Gasteiger partial charge in [0.25, 0.3) is 5.91 Å². The highest BCUT2D eigenvalue weighted by molar-refractivity contribution is 6.00. The standard InChI is InChI=1S/C27H29N3O4/c1-33-24-13-9-21(10-14-24)27(15-17-34-18-16-27)19-28-25(31)20-7-11-23(12-8-20)30-26(32)29-22-5-3-2-4-6-22/h2-14H,15-19H2,1H3,(H,28,31)(H2,29,30,32). The van der Waals surface area contributed by atoms with E-state index in [0.717, 1.165) is 18.6 Å². The molecular weight excluding hydrogens is 430 g/mol. The van der Waals surface area contributed by atoms with Gasteiger partial charge in [0, 0.05) is 42.1 Å². The molecule has 0 aliphatic carbocycles. The number of benzene rings is 3. The fourth-order valence-corrected chi connectivity index (χ4v) is 4.15. The number of anilines is 2. The van der Waals surface area contributed by atoms with Crippen molar-refractivity contribution in [3.05, 3.63) is 90.0 Å². The summed E-state index contributed by atoms with van der Waals surface area (Å²) in [5.74, 6) is 0.654. The molecule has 1 aliphatic heterocycles. The molecule has 0 bridgehead atoms. The summed E-state index contributed by atoms with van der Waals surface area (Å²) in [5, 5.41) is 8.64. The van der Waals surface area contributed by atoms with Crippen LogP contribution >= 0.6 is 0 Å². The number of carbonyl (C=O) groups excluding carboxylic acids is 2. The number of methoxy groups -OCH3 is 1. The summed E-state index contributed by atoms with van der Waals surface area (Å²) in [6.07, 6.45) is 1.66. The molecule has 1 fully saturated rings. The molecule has 1 saturated heterocycles. The average Bonchev–Trinajstić information content (AvgIpc) is 2.89. The normalized spacial score (nSPS) is 14.6. The minimum absolute atomic E-state index is 0.153. The number of para-hydroxylation sites is 1. The van der Waals surface area contributed by atoms with Gasteiger partial charge < -0.3 is 25.4 Å². The molecular formula is C27H29N3O4. The lowest BCUT2D eigenvalue weighted by atomic mass is 9.74. The van der Waals surface area contributed by atoms with Gasteiger partial charge in [-0.2, -0.15) is 0 Å². The first-order valence-electron chi connectivity index (χ1n) is 11.3. The smallest absolute Gasteiger partial charge is 0.323 e. The molecule has 176 valence electrons. The molecule has 3 N–H and O–H groups in total. The van der Waals surface area contributed by atoms with Gasteiger partial charge in [0.1, 0.15) is 5.75 Å². The number of amides is 3. The van der Waals surface area contributed by atoms with Gasteiger partial charge in [-0.25, -0.2) is 4.79 Å². The van der Waals surface area contributed by atoms with E-state index in [4.69, 9.17) is 9.47 Å². The van der Waals surface area contributed by atoms with E-state index in [-0.39, 0.29) is 17.4 Å². The summed E-state index contributed by atoms with van der Waals surface area (Å²) in [6, 6.07) is 23.7. The topological polar surface area (TPSA) is 88.7 Å². The number of nitrogens with one attached hydrogen (secondary N) is 3. The Morgan fingerprint density at radius 2 is 1.47 bits per heavy atom. The highest BCUT2D eigenvalue weighted by Gasteiger charge is 2.35. The molecule has 4 rings (SSSR count). The molecule has 3 aromatic carbocycles. The maximum absolute atomic E-state index is 12.9. The van der Waals surface area contributed by atoms with Crippen molar-refractivity contribution >= 4 is 23.3 Å². The van der Waals surface area contributed by atoms with Crippen LogP contribution in [0.15, 0.2) is 78.9 Å². The Hall–Kier alpha value is -3.84. The molecule has 3 amide bonds. The summed E-state index contributed by atoms with van der Waals surface area (Å²) in [6.45, 7) is 1.83. The number of hydrogen-bond donors (Lipinski definition) is 3. The van der Waals surface area contributed by atoms with Gasteiger partial charge in [-0.3, -0.25) is 4.79 Å². The maximum Gasteiger partial charge on any atom is 0.323 e. The molecule has 0 spiro atoms. The van der Waals surface area contributed by atoms with Gasteiger partial charge in [-0.15, -0.1) is 0 Å². The van der Waals surface area contributed by atoms with E-state index >= 15 is 0 Å². The van der Waals surface area contributed by atoms with Gasteiger partial charge in [0.15, 0.2) is 0 Å². The van der Waals surface area contributed by atoms with Gasteiger partial charge in [0.05, 0.1) is 7.11 Å². The van der Waals surface area contributed by atoms with Crippen molar-refractivity contribution < 1.29 is 19.1 Å². The highest BCUT2D eigenvalue weighted by Crippen LogP contribution is 2.35. The summed E-state index contributed by atoms with van der Waals surface area (Å²) in [4.78, 5) is 25.0. The van der Waals surface area contributed by atoms with E-state index < -0.39 is 0 Å². The molecule has 3 aromatic rings. The van der Waals surface area contributed by atoms with Crippen LogP contribution in [0.3, 0.4) is 0 Å². The molecule has 34 heavy (non-hydrogen) atoms. The van der Waals surface area contributed by atoms with Crippen molar-refractivity contribution in [1.29, 1.82) is 0 Å². The molecule has 0 radical (unpaired) electrons. The molecule has 7 nitrogen and oxygen atoms in total. The maximum atomic E-state index is 12.9. The van der Waals surface area contributed by atoms with Gasteiger partial charge in [-0.05, 0) is 66.9 Å². The first-order chi connectivity index (χ1) is 16.6. The zero-order valence-electron chi connectivity index (χ0n) is 19.2. The van der Waals surface area contributed by atoms with Crippen LogP contribution < -0.4 is 20.7 Å². The zero-order chi connectivity index (χ0) is 23.8. The summed E-state index contributed by atoms with van der Waals surface area (Å²) in [5.41, 5.74) is 2.82. The Morgan fingerprint density at radius 3 is 2.09 bits per heavy atom. The van der Waals surface area contributed by atoms with Crippen LogP contribution in [-0.4, -0.2) is 38.8 Å².